The summed E-state index contributed by atoms with van der Waals surface area (Å²) in [4.78, 5) is 10.6. The van der Waals surface area contributed by atoms with Crippen LogP contribution < -0.4 is 0 Å². The van der Waals surface area contributed by atoms with Gasteiger partial charge in [0.15, 0.2) is 5.16 Å². The second-order valence-electron chi connectivity index (χ2n) is 4.89. The third-order valence-electron chi connectivity index (χ3n) is 3.54. The van der Waals surface area contributed by atoms with Crippen molar-refractivity contribution < 1.29 is 9.90 Å². The molecule has 0 amide bonds. The van der Waals surface area contributed by atoms with Gasteiger partial charge in [0.25, 0.3) is 0 Å². The third kappa shape index (κ3) is 3.25. The Kier molecular flexibility index (Phi) is 4.63. The Labute approximate surface area is 111 Å². The lowest BCUT2D eigenvalue weighted by Gasteiger charge is -2.23. The molecule has 2 atom stereocenters. The summed E-state index contributed by atoms with van der Waals surface area (Å²) in [5, 5.41) is 17.4. The van der Waals surface area contributed by atoms with Gasteiger partial charge in [0, 0.05) is 6.04 Å². The second-order valence-corrected chi connectivity index (χ2v) is 5.83. The molecule has 1 aliphatic carbocycles. The first kappa shape index (κ1) is 13.4. The maximum absolute atomic E-state index is 10.6. The average Bonchev–Trinajstić information content (AvgIpc) is 2.69. The molecular formula is C12H19N3O2S. The van der Waals surface area contributed by atoms with E-state index >= 15 is 0 Å². The molecule has 18 heavy (non-hydrogen) atoms. The highest BCUT2D eigenvalue weighted by atomic mass is 32.2. The normalized spacial score (nSPS) is 24.7. The molecule has 5 nitrogen and oxygen atoms in total. The Morgan fingerprint density at radius 2 is 2.28 bits per heavy atom. The predicted octanol–water partition coefficient (Wildman–Crippen LogP) is 2.60. The van der Waals surface area contributed by atoms with E-state index in [0.717, 1.165) is 11.6 Å². The van der Waals surface area contributed by atoms with Gasteiger partial charge in [0.05, 0.1) is 5.75 Å². The van der Waals surface area contributed by atoms with E-state index in [1.807, 2.05) is 0 Å². The Morgan fingerprint density at radius 1 is 1.50 bits per heavy atom. The number of hydrogen-bond donors (Lipinski definition) is 1. The maximum atomic E-state index is 10.6. The molecule has 0 aliphatic heterocycles. The lowest BCUT2D eigenvalue weighted by molar-refractivity contribution is -0.133. The third-order valence-corrected chi connectivity index (χ3v) is 4.48. The lowest BCUT2D eigenvalue weighted by Crippen LogP contribution is -2.16. The van der Waals surface area contributed by atoms with Crippen molar-refractivity contribution in [1.29, 1.82) is 0 Å². The number of hydrogen-bond acceptors (Lipinski definition) is 4. The summed E-state index contributed by atoms with van der Waals surface area (Å²) in [6, 6.07) is 0.416. The van der Waals surface area contributed by atoms with Crippen LogP contribution in [0.4, 0.5) is 0 Å². The van der Waals surface area contributed by atoms with E-state index in [1.54, 1.807) is 6.33 Å². The van der Waals surface area contributed by atoms with Gasteiger partial charge in [-0.05, 0) is 18.8 Å². The van der Waals surface area contributed by atoms with Crippen LogP contribution in [-0.4, -0.2) is 31.6 Å². The number of thioether (sulfide) groups is 1. The zero-order chi connectivity index (χ0) is 13.0. The summed E-state index contributed by atoms with van der Waals surface area (Å²) in [7, 11) is 0. The fourth-order valence-electron chi connectivity index (χ4n) is 2.58. The van der Waals surface area contributed by atoms with Crippen molar-refractivity contribution in [3.8, 4) is 0 Å². The molecule has 0 saturated heterocycles. The van der Waals surface area contributed by atoms with Crippen molar-refractivity contribution in [2.45, 2.75) is 50.2 Å². The fraction of sp³-hybridized carbons (Fsp3) is 0.750. The number of nitrogens with zero attached hydrogens (tertiary/aromatic N) is 3. The van der Waals surface area contributed by atoms with E-state index < -0.39 is 5.97 Å². The molecule has 1 fully saturated rings. The molecule has 0 bridgehead atoms. The molecule has 0 radical (unpaired) electrons. The average molecular weight is 269 g/mol. The van der Waals surface area contributed by atoms with E-state index in [4.69, 9.17) is 5.11 Å². The molecule has 1 N–H and O–H groups in total. The molecule has 1 aromatic heterocycles. The summed E-state index contributed by atoms with van der Waals surface area (Å²) < 4.78 is 2.07. The molecule has 0 spiro atoms. The highest BCUT2D eigenvalue weighted by molar-refractivity contribution is 7.99. The topological polar surface area (TPSA) is 68.0 Å². The second kappa shape index (κ2) is 6.22. The number of carboxylic acids is 1. The molecule has 1 heterocycles. The zero-order valence-electron chi connectivity index (χ0n) is 10.6. The Bertz CT molecular complexity index is 408. The van der Waals surface area contributed by atoms with Crippen LogP contribution in [0, 0.1) is 5.92 Å². The van der Waals surface area contributed by atoms with Crippen LogP contribution in [0.15, 0.2) is 11.5 Å². The van der Waals surface area contributed by atoms with Crippen LogP contribution >= 0.6 is 11.8 Å². The minimum absolute atomic E-state index is 0.0415. The van der Waals surface area contributed by atoms with Crippen LogP contribution in [-0.2, 0) is 4.79 Å². The molecule has 6 heteroatoms. The van der Waals surface area contributed by atoms with Gasteiger partial charge in [-0.3, -0.25) is 4.79 Å². The van der Waals surface area contributed by atoms with Gasteiger partial charge in [0.1, 0.15) is 6.33 Å². The van der Waals surface area contributed by atoms with Crippen molar-refractivity contribution in [3.05, 3.63) is 6.33 Å². The Hall–Kier alpha value is -1.04. The van der Waals surface area contributed by atoms with Gasteiger partial charge in [-0.25, -0.2) is 0 Å². The van der Waals surface area contributed by atoms with E-state index in [1.165, 1.54) is 37.4 Å². The van der Waals surface area contributed by atoms with Crippen molar-refractivity contribution in [1.82, 2.24) is 14.8 Å². The largest absolute Gasteiger partial charge is 0.481 e. The minimum Gasteiger partial charge on any atom is -0.481 e. The van der Waals surface area contributed by atoms with Crippen molar-refractivity contribution in [3.63, 3.8) is 0 Å². The Morgan fingerprint density at radius 3 is 3.06 bits per heavy atom. The number of aliphatic carboxylic acids is 1. The van der Waals surface area contributed by atoms with Crippen molar-refractivity contribution in [2.75, 3.05) is 5.75 Å². The highest BCUT2D eigenvalue weighted by Gasteiger charge is 2.24. The smallest absolute Gasteiger partial charge is 0.313 e. The van der Waals surface area contributed by atoms with Gasteiger partial charge in [0.2, 0.25) is 0 Å². The first-order valence-corrected chi connectivity index (χ1v) is 7.41. The maximum Gasteiger partial charge on any atom is 0.313 e. The fourth-order valence-corrected chi connectivity index (χ4v) is 3.26. The summed E-state index contributed by atoms with van der Waals surface area (Å²) in [5.41, 5.74) is 0. The zero-order valence-corrected chi connectivity index (χ0v) is 11.4. The number of carbonyl (C=O) groups is 1. The molecule has 0 aromatic carbocycles. The molecule has 1 saturated carbocycles. The molecule has 1 aromatic rings. The standard InChI is InChI=1S/C12H19N3O2S/c1-9-5-3-2-4-6-10(9)15-8-13-14-12(15)18-7-11(16)17/h8-10H,2-7H2,1H3,(H,16,17). The van der Waals surface area contributed by atoms with Gasteiger partial charge in [-0.1, -0.05) is 37.9 Å². The van der Waals surface area contributed by atoms with E-state index in [9.17, 15) is 4.79 Å². The summed E-state index contributed by atoms with van der Waals surface area (Å²) >= 11 is 1.25. The highest BCUT2D eigenvalue weighted by Crippen LogP contribution is 2.34. The van der Waals surface area contributed by atoms with Crippen molar-refractivity contribution >= 4 is 17.7 Å². The molecule has 1 aliphatic rings. The number of carboxylic acid groups (broad SMARTS) is 1. The van der Waals surface area contributed by atoms with Crippen LogP contribution in [0.25, 0.3) is 0 Å². The van der Waals surface area contributed by atoms with Crippen molar-refractivity contribution in [2.24, 2.45) is 5.92 Å². The quantitative estimate of drug-likeness (QED) is 0.672. The van der Waals surface area contributed by atoms with Crippen LogP contribution in [0.2, 0.25) is 0 Å². The number of aromatic nitrogens is 3. The minimum atomic E-state index is -0.816. The van der Waals surface area contributed by atoms with Crippen LogP contribution in [0.1, 0.15) is 45.1 Å². The summed E-state index contributed by atoms with van der Waals surface area (Å²) in [6.07, 6.45) is 7.93. The number of rotatable bonds is 4. The van der Waals surface area contributed by atoms with Gasteiger partial charge in [-0.2, -0.15) is 0 Å². The first-order valence-electron chi connectivity index (χ1n) is 6.42. The SMILES string of the molecule is CC1CCCCCC1n1cnnc1SCC(=O)O. The van der Waals surface area contributed by atoms with E-state index in [-0.39, 0.29) is 5.75 Å². The lowest BCUT2D eigenvalue weighted by atomic mass is 9.97. The molecule has 2 unspecified atom stereocenters. The van der Waals surface area contributed by atoms with Gasteiger partial charge < -0.3 is 9.67 Å². The van der Waals surface area contributed by atoms with Gasteiger partial charge in [-0.15, -0.1) is 10.2 Å². The van der Waals surface area contributed by atoms with E-state index in [0.29, 0.717) is 12.0 Å². The van der Waals surface area contributed by atoms with Crippen LogP contribution in [0.5, 0.6) is 0 Å². The predicted molar refractivity (Wildman–Crippen MR) is 69.7 cm³/mol. The molecule has 100 valence electrons. The monoisotopic (exact) mass is 269 g/mol. The van der Waals surface area contributed by atoms with Crippen LogP contribution in [0.3, 0.4) is 0 Å². The summed E-state index contributed by atoms with van der Waals surface area (Å²) in [5.74, 6) is -0.170. The molecular weight excluding hydrogens is 250 g/mol. The first-order chi connectivity index (χ1) is 8.68. The van der Waals surface area contributed by atoms with E-state index in [2.05, 4.69) is 21.7 Å². The summed E-state index contributed by atoms with van der Waals surface area (Å²) in [6.45, 7) is 2.27. The van der Waals surface area contributed by atoms with Gasteiger partial charge >= 0.3 is 5.97 Å². The Balaban J connectivity index is 2.11. The molecule has 2 rings (SSSR count).